The van der Waals surface area contributed by atoms with Gasteiger partial charge in [0, 0.05) is 18.0 Å². The van der Waals surface area contributed by atoms with Crippen LogP contribution >= 0.6 is 22.6 Å². The van der Waals surface area contributed by atoms with Crippen LogP contribution in [0.5, 0.6) is 0 Å². The lowest BCUT2D eigenvalue weighted by atomic mass is 9.89. The zero-order chi connectivity index (χ0) is 11.1. The highest BCUT2D eigenvalue weighted by Gasteiger charge is 2.21. The predicted molar refractivity (Wildman–Crippen MR) is 64.3 cm³/mol. The normalized spacial score (nSPS) is 11.6. The fraction of sp³-hybridized carbons (Fsp3) is 0.300. The molecule has 0 atom stereocenters. The number of aromatic nitrogens is 3. The van der Waals surface area contributed by atoms with Gasteiger partial charge in [0.05, 0.1) is 21.3 Å². The molecular formula is C10H9IN4. The topological polar surface area (TPSA) is 54.0 Å². The van der Waals surface area contributed by atoms with E-state index in [-0.39, 0.29) is 0 Å². The van der Waals surface area contributed by atoms with E-state index in [1.54, 1.807) is 16.9 Å². The average molecular weight is 312 g/mol. The quantitative estimate of drug-likeness (QED) is 0.758. The molecule has 5 heteroatoms. The van der Waals surface area contributed by atoms with Gasteiger partial charge in [-0.3, -0.25) is 0 Å². The lowest BCUT2D eigenvalue weighted by molar-refractivity contribution is 0.672. The minimum Gasteiger partial charge on any atom is -0.236 e. The number of nitrogens with zero attached hydrogens (tertiary/aromatic N) is 4. The predicted octanol–water partition coefficient (Wildman–Crippen LogP) is 2.14. The van der Waals surface area contributed by atoms with Crippen molar-refractivity contribution < 1.29 is 0 Å². The van der Waals surface area contributed by atoms with Crippen LogP contribution < -0.4 is 0 Å². The third-order valence-corrected chi connectivity index (χ3v) is 3.08. The Morgan fingerprint density at radius 3 is 2.87 bits per heavy atom. The fourth-order valence-electron chi connectivity index (χ4n) is 1.23. The number of halogens is 1. The molecule has 2 heterocycles. The van der Waals surface area contributed by atoms with E-state index in [9.17, 15) is 0 Å². The molecule has 0 saturated carbocycles. The second-order valence-corrected chi connectivity index (χ2v) is 5.00. The summed E-state index contributed by atoms with van der Waals surface area (Å²) >= 11 is 2.18. The highest BCUT2D eigenvalue weighted by molar-refractivity contribution is 14.1. The molecule has 0 amide bonds. The third kappa shape index (κ3) is 1.69. The molecule has 2 rings (SSSR count). The largest absolute Gasteiger partial charge is 0.236 e. The molecule has 0 unspecified atom stereocenters. The summed E-state index contributed by atoms with van der Waals surface area (Å²) in [5.74, 6) is 0. The maximum absolute atomic E-state index is 9.02. The molecule has 2 aromatic heterocycles. The molecule has 0 aliphatic carbocycles. The standard InChI is InChI=1S/C10H9IN4/c1-10(2,6-12)7-3-13-9-8(11)4-14-15(9)5-7/h3-5H,1-2H3. The first-order valence-electron chi connectivity index (χ1n) is 4.45. The van der Waals surface area contributed by atoms with Gasteiger partial charge in [-0.2, -0.15) is 10.4 Å². The Morgan fingerprint density at radius 2 is 2.20 bits per heavy atom. The molecule has 0 aliphatic rings. The number of hydrogen-bond donors (Lipinski definition) is 0. The molecule has 0 aliphatic heterocycles. The first-order chi connectivity index (χ1) is 7.04. The number of rotatable bonds is 1. The van der Waals surface area contributed by atoms with Crippen LogP contribution in [0, 0.1) is 14.9 Å². The SMILES string of the molecule is CC(C)(C#N)c1cnc2c(I)cnn2c1. The van der Waals surface area contributed by atoms with Gasteiger partial charge >= 0.3 is 0 Å². The van der Waals surface area contributed by atoms with Crippen molar-refractivity contribution >= 4 is 28.2 Å². The van der Waals surface area contributed by atoms with E-state index < -0.39 is 5.41 Å². The van der Waals surface area contributed by atoms with Crippen molar-refractivity contribution in [3.8, 4) is 6.07 Å². The monoisotopic (exact) mass is 312 g/mol. The van der Waals surface area contributed by atoms with Gasteiger partial charge in [0.1, 0.15) is 0 Å². The Labute approximate surface area is 101 Å². The van der Waals surface area contributed by atoms with Crippen LogP contribution in [0.2, 0.25) is 0 Å². The maximum atomic E-state index is 9.02. The summed E-state index contributed by atoms with van der Waals surface area (Å²) in [4.78, 5) is 4.30. The van der Waals surface area contributed by atoms with Crippen LogP contribution in [0.25, 0.3) is 5.65 Å². The molecule has 0 fully saturated rings. The lowest BCUT2D eigenvalue weighted by Gasteiger charge is -2.14. The zero-order valence-corrected chi connectivity index (χ0v) is 10.6. The highest BCUT2D eigenvalue weighted by atomic mass is 127. The zero-order valence-electron chi connectivity index (χ0n) is 8.40. The first-order valence-corrected chi connectivity index (χ1v) is 5.53. The fourth-order valence-corrected chi connectivity index (χ4v) is 1.74. The summed E-state index contributed by atoms with van der Waals surface area (Å²) in [5, 5.41) is 13.2. The number of hydrogen-bond acceptors (Lipinski definition) is 3. The van der Waals surface area contributed by atoms with E-state index in [1.807, 2.05) is 20.0 Å². The van der Waals surface area contributed by atoms with Crippen molar-refractivity contribution in [2.45, 2.75) is 19.3 Å². The van der Waals surface area contributed by atoms with Crippen LogP contribution in [0.4, 0.5) is 0 Å². The van der Waals surface area contributed by atoms with Gasteiger partial charge in [-0.25, -0.2) is 9.50 Å². The molecule has 2 aromatic rings. The smallest absolute Gasteiger partial charge is 0.168 e. The van der Waals surface area contributed by atoms with Crippen LogP contribution in [-0.4, -0.2) is 14.6 Å². The third-order valence-electron chi connectivity index (χ3n) is 2.31. The van der Waals surface area contributed by atoms with Gasteiger partial charge in [-0.1, -0.05) is 0 Å². The summed E-state index contributed by atoms with van der Waals surface area (Å²) in [6.45, 7) is 3.73. The molecule has 0 aromatic carbocycles. The van der Waals surface area contributed by atoms with Gasteiger partial charge in [-0.15, -0.1) is 0 Å². The Bertz CT molecular complexity index is 550. The van der Waals surface area contributed by atoms with Crippen molar-refractivity contribution in [3.05, 3.63) is 27.7 Å². The summed E-state index contributed by atoms with van der Waals surface area (Å²) in [6.07, 6.45) is 5.35. The number of fused-ring (bicyclic) bond motifs is 1. The summed E-state index contributed by atoms with van der Waals surface area (Å²) < 4.78 is 2.71. The van der Waals surface area contributed by atoms with Crippen molar-refractivity contribution in [1.29, 1.82) is 5.26 Å². The number of nitriles is 1. The Morgan fingerprint density at radius 1 is 1.47 bits per heavy atom. The molecule has 0 bridgehead atoms. The molecule has 76 valence electrons. The van der Waals surface area contributed by atoms with Crippen LogP contribution in [0.15, 0.2) is 18.6 Å². The van der Waals surface area contributed by atoms with E-state index in [1.165, 1.54) is 0 Å². The second kappa shape index (κ2) is 3.45. The Hall–Kier alpha value is -1.16. The summed E-state index contributed by atoms with van der Waals surface area (Å²) in [7, 11) is 0. The summed E-state index contributed by atoms with van der Waals surface area (Å²) in [6, 6.07) is 2.25. The van der Waals surface area contributed by atoms with Crippen molar-refractivity contribution in [2.24, 2.45) is 0 Å². The highest BCUT2D eigenvalue weighted by Crippen LogP contribution is 2.22. The van der Waals surface area contributed by atoms with Gasteiger partial charge < -0.3 is 0 Å². The van der Waals surface area contributed by atoms with Crippen LogP contribution in [0.1, 0.15) is 19.4 Å². The van der Waals surface area contributed by atoms with Gasteiger partial charge in [0.15, 0.2) is 5.65 Å². The van der Waals surface area contributed by atoms with E-state index in [0.717, 1.165) is 14.8 Å². The molecule has 0 radical (unpaired) electrons. The first kappa shape index (κ1) is 10.4. The molecule has 0 saturated heterocycles. The summed E-state index contributed by atoms with van der Waals surface area (Å²) in [5.41, 5.74) is 1.17. The van der Waals surface area contributed by atoms with Crippen molar-refractivity contribution in [1.82, 2.24) is 14.6 Å². The molecular weight excluding hydrogens is 303 g/mol. The Balaban J connectivity index is 2.63. The Kier molecular flexibility index (Phi) is 2.38. The van der Waals surface area contributed by atoms with Gasteiger partial charge in [0.25, 0.3) is 0 Å². The minimum absolute atomic E-state index is 0.529. The van der Waals surface area contributed by atoms with E-state index in [4.69, 9.17) is 5.26 Å². The maximum Gasteiger partial charge on any atom is 0.168 e. The van der Waals surface area contributed by atoms with Crippen molar-refractivity contribution in [2.75, 3.05) is 0 Å². The van der Waals surface area contributed by atoms with Gasteiger partial charge in [-0.05, 0) is 36.4 Å². The molecule has 0 N–H and O–H groups in total. The lowest BCUT2D eigenvalue weighted by Crippen LogP contribution is -2.15. The average Bonchev–Trinajstić information content (AvgIpc) is 2.60. The molecule has 15 heavy (non-hydrogen) atoms. The minimum atomic E-state index is -0.529. The molecule has 4 nitrogen and oxygen atoms in total. The van der Waals surface area contributed by atoms with E-state index >= 15 is 0 Å². The van der Waals surface area contributed by atoms with E-state index in [0.29, 0.717) is 0 Å². The van der Waals surface area contributed by atoms with Crippen LogP contribution in [-0.2, 0) is 5.41 Å². The second-order valence-electron chi connectivity index (χ2n) is 3.84. The van der Waals surface area contributed by atoms with E-state index in [2.05, 4.69) is 38.7 Å². The van der Waals surface area contributed by atoms with Gasteiger partial charge in [0.2, 0.25) is 0 Å². The molecule has 0 spiro atoms. The van der Waals surface area contributed by atoms with Crippen molar-refractivity contribution in [3.63, 3.8) is 0 Å². The van der Waals surface area contributed by atoms with Crippen LogP contribution in [0.3, 0.4) is 0 Å².